The highest BCUT2D eigenvalue weighted by atomic mass is 16.5. The molecular weight excluding hydrogens is 366 g/mol. The average Bonchev–Trinajstić information content (AvgIpc) is 2.78. The van der Waals surface area contributed by atoms with Crippen LogP contribution in [0.3, 0.4) is 0 Å². The van der Waals surface area contributed by atoms with Gasteiger partial charge in [-0.1, -0.05) is 37.3 Å². The Kier molecular flexibility index (Phi) is 7.25. The number of ether oxygens (including phenoxy) is 1. The number of aryl methyl sites for hydroxylation is 1. The van der Waals surface area contributed by atoms with E-state index in [1.165, 1.54) is 5.56 Å². The van der Waals surface area contributed by atoms with E-state index in [1.807, 2.05) is 19.1 Å². The van der Waals surface area contributed by atoms with E-state index in [1.54, 1.807) is 17.0 Å². The molecular formula is C23H29N3O3. The highest BCUT2D eigenvalue weighted by molar-refractivity contribution is 5.95. The summed E-state index contributed by atoms with van der Waals surface area (Å²) in [6.45, 7) is 6.60. The smallest absolute Gasteiger partial charge is 0.254 e. The van der Waals surface area contributed by atoms with Gasteiger partial charge in [-0.15, -0.1) is 0 Å². The van der Waals surface area contributed by atoms with Crippen molar-refractivity contribution in [2.45, 2.75) is 26.3 Å². The molecule has 1 heterocycles. The highest BCUT2D eigenvalue weighted by Crippen LogP contribution is 2.15. The number of amides is 2. The summed E-state index contributed by atoms with van der Waals surface area (Å²) < 4.78 is 5.30. The van der Waals surface area contributed by atoms with Gasteiger partial charge in [0, 0.05) is 24.3 Å². The number of hydrogen-bond acceptors (Lipinski definition) is 4. The molecule has 0 spiro atoms. The third kappa shape index (κ3) is 5.81. The molecule has 1 atom stereocenters. The molecule has 6 nitrogen and oxygen atoms in total. The first-order chi connectivity index (χ1) is 14.1. The van der Waals surface area contributed by atoms with E-state index >= 15 is 0 Å². The molecule has 2 aromatic carbocycles. The first-order valence-corrected chi connectivity index (χ1v) is 10.2. The van der Waals surface area contributed by atoms with Crippen LogP contribution in [-0.2, 0) is 16.0 Å². The number of anilines is 1. The summed E-state index contributed by atoms with van der Waals surface area (Å²) in [6, 6.07) is 15.5. The molecule has 1 saturated heterocycles. The molecule has 1 unspecified atom stereocenters. The summed E-state index contributed by atoms with van der Waals surface area (Å²) in [6.07, 6.45) is 0.998. The van der Waals surface area contributed by atoms with Crippen molar-refractivity contribution in [1.82, 2.24) is 10.2 Å². The molecule has 0 saturated carbocycles. The topological polar surface area (TPSA) is 70.7 Å². The molecule has 2 aromatic rings. The lowest BCUT2D eigenvalue weighted by Crippen LogP contribution is -2.40. The average molecular weight is 396 g/mol. The summed E-state index contributed by atoms with van der Waals surface area (Å²) >= 11 is 0. The van der Waals surface area contributed by atoms with E-state index in [0.29, 0.717) is 31.9 Å². The van der Waals surface area contributed by atoms with Crippen LogP contribution in [0.25, 0.3) is 0 Å². The molecule has 2 amide bonds. The third-order valence-electron chi connectivity index (χ3n) is 5.13. The van der Waals surface area contributed by atoms with Gasteiger partial charge in [-0.3, -0.25) is 9.59 Å². The minimum atomic E-state index is -0.0954. The Balaban J connectivity index is 1.52. The summed E-state index contributed by atoms with van der Waals surface area (Å²) in [5.41, 5.74) is 3.72. The maximum absolute atomic E-state index is 12.6. The molecule has 0 radical (unpaired) electrons. The standard InChI is InChI=1S/C23H29N3O3/c1-3-18-7-9-19(10-8-18)17(2)25-22(27)16-24-21-6-4-5-20(15-21)23(28)26-11-13-29-14-12-26/h4-10,15,17,24H,3,11-14,16H2,1-2H3,(H,25,27). The zero-order valence-corrected chi connectivity index (χ0v) is 17.1. The molecule has 29 heavy (non-hydrogen) atoms. The van der Waals surface area contributed by atoms with Gasteiger partial charge in [0.2, 0.25) is 5.91 Å². The Morgan fingerprint density at radius 1 is 1.10 bits per heavy atom. The number of nitrogens with one attached hydrogen (secondary N) is 2. The number of morpholine rings is 1. The molecule has 0 bridgehead atoms. The molecule has 0 aliphatic carbocycles. The predicted octanol–water partition coefficient (Wildman–Crippen LogP) is 3.01. The van der Waals surface area contributed by atoms with Gasteiger partial charge in [-0.05, 0) is 42.7 Å². The summed E-state index contributed by atoms with van der Waals surface area (Å²) in [4.78, 5) is 26.7. The number of benzene rings is 2. The fourth-order valence-corrected chi connectivity index (χ4v) is 3.31. The number of rotatable bonds is 7. The predicted molar refractivity (Wildman–Crippen MR) is 114 cm³/mol. The molecule has 1 fully saturated rings. The lowest BCUT2D eigenvalue weighted by atomic mass is 10.1. The fraction of sp³-hybridized carbons (Fsp3) is 0.391. The van der Waals surface area contributed by atoms with Gasteiger partial charge in [0.05, 0.1) is 25.8 Å². The summed E-state index contributed by atoms with van der Waals surface area (Å²) in [5.74, 6) is -0.104. The van der Waals surface area contributed by atoms with E-state index in [4.69, 9.17) is 4.74 Å². The maximum atomic E-state index is 12.6. The largest absolute Gasteiger partial charge is 0.378 e. The Bertz CT molecular complexity index is 830. The molecule has 6 heteroatoms. The second-order valence-electron chi connectivity index (χ2n) is 7.22. The van der Waals surface area contributed by atoms with Gasteiger partial charge in [0.1, 0.15) is 0 Å². The minimum absolute atomic E-state index is 0.00875. The van der Waals surface area contributed by atoms with Gasteiger partial charge in [0.25, 0.3) is 5.91 Å². The lowest BCUT2D eigenvalue weighted by molar-refractivity contribution is -0.120. The van der Waals surface area contributed by atoms with Crippen molar-refractivity contribution in [1.29, 1.82) is 0 Å². The van der Waals surface area contributed by atoms with Gasteiger partial charge in [-0.2, -0.15) is 0 Å². The van der Waals surface area contributed by atoms with Crippen molar-refractivity contribution in [3.8, 4) is 0 Å². The van der Waals surface area contributed by atoms with Crippen molar-refractivity contribution in [3.63, 3.8) is 0 Å². The molecule has 154 valence electrons. The Morgan fingerprint density at radius 3 is 2.52 bits per heavy atom. The molecule has 3 rings (SSSR count). The molecule has 2 N–H and O–H groups in total. The summed E-state index contributed by atoms with van der Waals surface area (Å²) in [5, 5.41) is 6.11. The monoisotopic (exact) mass is 395 g/mol. The van der Waals surface area contributed by atoms with Crippen LogP contribution in [0.4, 0.5) is 5.69 Å². The normalized spacial score (nSPS) is 14.9. The Hall–Kier alpha value is -2.86. The lowest BCUT2D eigenvalue weighted by Gasteiger charge is -2.27. The minimum Gasteiger partial charge on any atom is -0.378 e. The van der Waals surface area contributed by atoms with Crippen molar-refractivity contribution < 1.29 is 14.3 Å². The van der Waals surface area contributed by atoms with Crippen LogP contribution in [0.5, 0.6) is 0 Å². The van der Waals surface area contributed by atoms with Crippen LogP contribution in [0.1, 0.15) is 41.4 Å². The van der Waals surface area contributed by atoms with E-state index in [9.17, 15) is 9.59 Å². The van der Waals surface area contributed by atoms with E-state index in [-0.39, 0.29) is 24.4 Å². The number of nitrogens with zero attached hydrogens (tertiary/aromatic N) is 1. The molecule has 1 aliphatic rings. The van der Waals surface area contributed by atoms with E-state index in [0.717, 1.165) is 17.7 Å². The van der Waals surface area contributed by atoms with Gasteiger partial charge in [-0.25, -0.2) is 0 Å². The highest BCUT2D eigenvalue weighted by Gasteiger charge is 2.18. The van der Waals surface area contributed by atoms with Crippen molar-refractivity contribution in [2.75, 3.05) is 38.2 Å². The van der Waals surface area contributed by atoms with Crippen LogP contribution in [0.15, 0.2) is 48.5 Å². The Labute approximate surface area is 172 Å². The maximum Gasteiger partial charge on any atom is 0.254 e. The molecule has 1 aliphatic heterocycles. The van der Waals surface area contributed by atoms with Crippen molar-refractivity contribution in [3.05, 3.63) is 65.2 Å². The van der Waals surface area contributed by atoms with Crippen LogP contribution in [0, 0.1) is 0 Å². The zero-order chi connectivity index (χ0) is 20.6. The number of hydrogen-bond donors (Lipinski definition) is 2. The van der Waals surface area contributed by atoms with Crippen LogP contribution in [-0.4, -0.2) is 49.6 Å². The van der Waals surface area contributed by atoms with Gasteiger partial charge < -0.3 is 20.3 Å². The van der Waals surface area contributed by atoms with Crippen LogP contribution in [0.2, 0.25) is 0 Å². The van der Waals surface area contributed by atoms with E-state index < -0.39 is 0 Å². The van der Waals surface area contributed by atoms with Crippen LogP contribution >= 0.6 is 0 Å². The van der Waals surface area contributed by atoms with Crippen molar-refractivity contribution >= 4 is 17.5 Å². The fourth-order valence-electron chi connectivity index (χ4n) is 3.31. The quantitative estimate of drug-likeness (QED) is 0.756. The van der Waals surface area contributed by atoms with Gasteiger partial charge in [0.15, 0.2) is 0 Å². The van der Waals surface area contributed by atoms with Crippen LogP contribution < -0.4 is 10.6 Å². The zero-order valence-electron chi connectivity index (χ0n) is 17.1. The second kappa shape index (κ2) is 10.1. The third-order valence-corrected chi connectivity index (χ3v) is 5.13. The first kappa shape index (κ1) is 20.9. The molecule has 0 aromatic heterocycles. The summed E-state index contributed by atoms with van der Waals surface area (Å²) in [7, 11) is 0. The second-order valence-corrected chi connectivity index (χ2v) is 7.22. The van der Waals surface area contributed by atoms with Crippen molar-refractivity contribution in [2.24, 2.45) is 0 Å². The van der Waals surface area contributed by atoms with Gasteiger partial charge >= 0.3 is 0 Å². The number of carbonyl (C=O) groups excluding carboxylic acids is 2. The van der Waals surface area contributed by atoms with E-state index in [2.05, 4.69) is 41.8 Å². The SMILES string of the molecule is CCc1ccc(C(C)NC(=O)CNc2cccc(C(=O)N3CCOCC3)c2)cc1. The Morgan fingerprint density at radius 2 is 1.83 bits per heavy atom. The first-order valence-electron chi connectivity index (χ1n) is 10.2. The number of carbonyl (C=O) groups is 2.